The largest absolute Gasteiger partial charge is 0.462 e. The Hall–Kier alpha value is -1.69. The number of aromatic nitrogens is 2. The molecule has 92 valence electrons. The highest BCUT2D eigenvalue weighted by molar-refractivity contribution is 5.94. The highest BCUT2D eigenvalue weighted by Gasteiger charge is 2.20. The average Bonchev–Trinajstić information content (AvgIpc) is 2.40. The van der Waals surface area contributed by atoms with E-state index >= 15 is 0 Å². The maximum atomic E-state index is 11.8. The van der Waals surface area contributed by atoms with Crippen molar-refractivity contribution in [3.63, 3.8) is 0 Å². The fraction of sp³-hybridized carbons (Fsp3) is 0.545. The van der Waals surface area contributed by atoms with Crippen LogP contribution in [0.1, 0.15) is 17.3 Å². The third-order valence-corrected chi connectivity index (χ3v) is 2.60. The Labute approximate surface area is 100 Å². The lowest BCUT2D eigenvalue weighted by Gasteiger charge is -2.29. The van der Waals surface area contributed by atoms with Crippen LogP contribution in [0.2, 0.25) is 0 Å². The van der Waals surface area contributed by atoms with Crippen LogP contribution in [0.5, 0.6) is 0 Å². The number of hydrogen-bond donors (Lipinski definition) is 1. The first-order valence-electron chi connectivity index (χ1n) is 5.75. The second kappa shape index (κ2) is 5.58. The van der Waals surface area contributed by atoms with Gasteiger partial charge in [-0.05, 0) is 6.92 Å². The topological polar surface area (TPSA) is 67.3 Å². The molecule has 1 saturated heterocycles. The normalized spacial score (nSPS) is 15.7. The van der Waals surface area contributed by atoms with E-state index in [9.17, 15) is 4.79 Å². The Balaban J connectivity index is 2.23. The zero-order chi connectivity index (χ0) is 12.1. The van der Waals surface area contributed by atoms with Gasteiger partial charge in [-0.2, -0.15) is 0 Å². The van der Waals surface area contributed by atoms with E-state index in [1.54, 1.807) is 6.92 Å². The number of hydrogen-bond acceptors (Lipinski definition) is 6. The summed E-state index contributed by atoms with van der Waals surface area (Å²) in [6.07, 6.45) is 2.97. The average molecular weight is 236 g/mol. The number of nitrogens with zero attached hydrogens (tertiary/aromatic N) is 3. The van der Waals surface area contributed by atoms with Gasteiger partial charge in [0.2, 0.25) is 0 Å². The molecule has 1 aromatic rings. The number of carbonyl (C=O) groups excluding carboxylic acids is 1. The maximum absolute atomic E-state index is 11.8. The molecule has 1 aliphatic heterocycles. The van der Waals surface area contributed by atoms with Gasteiger partial charge in [0.15, 0.2) is 0 Å². The molecule has 6 nitrogen and oxygen atoms in total. The van der Waals surface area contributed by atoms with Gasteiger partial charge >= 0.3 is 5.97 Å². The number of anilines is 1. The first-order chi connectivity index (χ1) is 8.33. The van der Waals surface area contributed by atoms with Crippen molar-refractivity contribution in [1.82, 2.24) is 15.3 Å². The molecule has 0 aromatic carbocycles. The molecule has 0 saturated carbocycles. The van der Waals surface area contributed by atoms with E-state index in [0.29, 0.717) is 18.0 Å². The minimum atomic E-state index is -0.360. The lowest BCUT2D eigenvalue weighted by molar-refractivity contribution is 0.0526. The summed E-state index contributed by atoms with van der Waals surface area (Å²) in [5, 5.41) is 3.26. The summed E-state index contributed by atoms with van der Waals surface area (Å²) in [4.78, 5) is 21.9. The second-order valence-corrected chi connectivity index (χ2v) is 3.72. The van der Waals surface area contributed by atoms with Gasteiger partial charge < -0.3 is 15.0 Å². The van der Waals surface area contributed by atoms with Gasteiger partial charge in [0.1, 0.15) is 17.7 Å². The molecular weight excluding hydrogens is 220 g/mol. The number of rotatable bonds is 3. The lowest BCUT2D eigenvalue weighted by atomic mass is 10.2. The predicted octanol–water partition coefficient (Wildman–Crippen LogP) is 0.0629. The first-order valence-corrected chi connectivity index (χ1v) is 5.75. The van der Waals surface area contributed by atoms with E-state index in [1.807, 2.05) is 0 Å². The standard InChI is InChI=1S/C11H16N4O2/c1-2-17-11(16)9-7-13-8-14-10(9)15-5-3-12-4-6-15/h7-8,12H,2-6H2,1H3. The van der Waals surface area contributed by atoms with E-state index < -0.39 is 0 Å². The van der Waals surface area contributed by atoms with Crippen molar-refractivity contribution >= 4 is 11.8 Å². The maximum Gasteiger partial charge on any atom is 0.343 e. The smallest absolute Gasteiger partial charge is 0.343 e. The Morgan fingerprint density at radius 3 is 3.00 bits per heavy atom. The molecule has 1 fully saturated rings. The van der Waals surface area contributed by atoms with Crippen LogP contribution >= 0.6 is 0 Å². The van der Waals surface area contributed by atoms with Crippen LogP contribution in [0.15, 0.2) is 12.5 Å². The van der Waals surface area contributed by atoms with Gasteiger partial charge in [-0.3, -0.25) is 0 Å². The van der Waals surface area contributed by atoms with Crippen LogP contribution < -0.4 is 10.2 Å². The molecule has 2 rings (SSSR count). The Bertz CT molecular complexity index is 391. The van der Waals surface area contributed by atoms with Crippen LogP contribution in [0.3, 0.4) is 0 Å². The molecule has 6 heteroatoms. The minimum absolute atomic E-state index is 0.356. The fourth-order valence-electron chi connectivity index (χ4n) is 1.80. The zero-order valence-electron chi connectivity index (χ0n) is 9.85. The van der Waals surface area contributed by atoms with Crippen LogP contribution in [0.25, 0.3) is 0 Å². The van der Waals surface area contributed by atoms with E-state index in [1.165, 1.54) is 12.5 Å². The van der Waals surface area contributed by atoms with Crippen molar-refractivity contribution in [1.29, 1.82) is 0 Å². The summed E-state index contributed by atoms with van der Waals surface area (Å²) in [7, 11) is 0. The quantitative estimate of drug-likeness (QED) is 0.749. The highest BCUT2D eigenvalue weighted by atomic mass is 16.5. The second-order valence-electron chi connectivity index (χ2n) is 3.72. The van der Waals surface area contributed by atoms with Gasteiger partial charge in [0.05, 0.1) is 6.61 Å². The van der Waals surface area contributed by atoms with E-state index in [2.05, 4.69) is 20.2 Å². The Morgan fingerprint density at radius 1 is 1.53 bits per heavy atom. The SMILES string of the molecule is CCOC(=O)c1cncnc1N1CCNCC1. The highest BCUT2D eigenvalue weighted by Crippen LogP contribution is 2.17. The summed E-state index contributed by atoms with van der Waals surface area (Å²) in [6.45, 7) is 5.60. The Morgan fingerprint density at radius 2 is 2.29 bits per heavy atom. The van der Waals surface area contributed by atoms with Gasteiger partial charge in [-0.15, -0.1) is 0 Å². The first kappa shape index (κ1) is 11.8. The summed E-state index contributed by atoms with van der Waals surface area (Å²) in [5.41, 5.74) is 0.441. The number of nitrogens with one attached hydrogen (secondary N) is 1. The third kappa shape index (κ3) is 2.71. The van der Waals surface area contributed by atoms with Crippen molar-refractivity contribution in [3.8, 4) is 0 Å². The molecule has 0 radical (unpaired) electrons. The van der Waals surface area contributed by atoms with Gasteiger partial charge in [-0.25, -0.2) is 14.8 Å². The summed E-state index contributed by atoms with van der Waals surface area (Å²) in [5.74, 6) is 0.307. The molecule has 1 aliphatic rings. The van der Waals surface area contributed by atoms with E-state index in [4.69, 9.17) is 4.74 Å². The van der Waals surface area contributed by atoms with Gasteiger partial charge in [-0.1, -0.05) is 0 Å². The molecule has 0 bridgehead atoms. The van der Waals surface area contributed by atoms with Crippen molar-refractivity contribution < 1.29 is 9.53 Å². The van der Waals surface area contributed by atoms with Crippen LogP contribution in [-0.2, 0) is 4.74 Å². The number of esters is 1. The monoisotopic (exact) mass is 236 g/mol. The molecule has 0 unspecified atom stereocenters. The third-order valence-electron chi connectivity index (χ3n) is 2.60. The molecule has 0 atom stereocenters. The van der Waals surface area contributed by atoms with Gasteiger partial charge in [0.25, 0.3) is 0 Å². The van der Waals surface area contributed by atoms with Crippen molar-refractivity contribution in [3.05, 3.63) is 18.1 Å². The van der Waals surface area contributed by atoms with Crippen molar-refractivity contribution in [2.24, 2.45) is 0 Å². The van der Waals surface area contributed by atoms with Crippen LogP contribution in [-0.4, -0.2) is 48.7 Å². The molecule has 0 aliphatic carbocycles. The summed E-state index contributed by atoms with van der Waals surface area (Å²) in [6, 6.07) is 0. The van der Waals surface area contributed by atoms with E-state index in [0.717, 1.165) is 26.2 Å². The van der Waals surface area contributed by atoms with Crippen LogP contribution in [0, 0.1) is 0 Å². The lowest BCUT2D eigenvalue weighted by Crippen LogP contribution is -2.44. The molecule has 1 N–H and O–H groups in total. The zero-order valence-corrected chi connectivity index (χ0v) is 9.85. The minimum Gasteiger partial charge on any atom is -0.462 e. The molecule has 0 spiro atoms. The molecule has 0 amide bonds. The molecule has 2 heterocycles. The summed E-state index contributed by atoms with van der Waals surface area (Å²) < 4.78 is 5.00. The molecule has 17 heavy (non-hydrogen) atoms. The van der Waals surface area contributed by atoms with Crippen molar-refractivity contribution in [2.45, 2.75) is 6.92 Å². The number of piperazine rings is 1. The molecule has 1 aromatic heterocycles. The predicted molar refractivity (Wildman–Crippen MR) is 63.1 cm³/mol. The number of ether oxygens (including phenoxy) is 1. The van der Waals surface area contributed by atoms with Gasteiger partial charge in [0, 0.05) is 32.4 Å². The fourth-order valence-corrected chi connectivity index (χ4v) is 1.80. The summed E-state index contributed by atoms with van der Waals surface area (Å²) >= 11 is 0. The van der Waals surface area contributed by atoms with E-state index in [-0.39, 0.29) is 5.97 Å². The number of carbonyl (C=O) groups is 1. The van der Waals surface area contributed by atoms with Crippen molar-refractivity contribution in [2.75, 3.05) is 37.7 Å². The van der Waals surface area contributed by atoms with Crippen LogP contribution in [0.4, 0.5) is 5.82 Å². The molecular formula is C11H16N4O2. The Kier molecular flexibility index (Phi) is 3.87.